The molecule has 8 heteroatoms. The van der Waals surface area contributed by atoms with Crippen LogP contribution in [0.4, 0.5) is 14.9 Å². The van der Waals surface area contributed by atoms with Crippen LogP contribution in [-0.4, -0.2) is 40.9 Å². The van der Waals surface area contributed by atoms with Gasteiger partial charge in [0.05, 0.1) is 11.2 Å². The molecule has 0 bridgehead atoms. The molecule has 2 atom stereocenters. The van der Waals surface area contributed by atoms with Gasteiger partial charge in [0, 0.05) is 31.2 Å². The first-order valence-electron chi connectivity index (χ1n) is 15.5. The van der Waals surface area contributed by atoms with Crippen molar-refractivity contribution in [1.82, 2.24) is 4.90 Å². The Morgan fingerprint density at radius 2 is 1.98 bits per heavy atom. The molecule has 43 heavy (non-hydrogen) atoms. The third kappa shape index (κ3) is 12.0. The molecule has 2 rings (SSSR count). The largest absolute Gasteiger partial charge is 0.386 e. The summed E-state index contributed by atoms with van der Waals surface area (Å²) in [6, 6.07) is 4.42. The zero-order valence-corrected chi connectivity index (χ0v) is 27.7. The van der Waals surface area contributed by atoms with Crippen LogP contribution in [0, 0.1) is 35.4 Å². The number of urea groups is 1. The van der Waals surface area contributed by atoms with Crippen LogP contribution in [0.25, 0.3) is 0 Å². The molecule has 1 aliphatic carbocycles. The van der Waals surface area contributed by atoms with Crippen LogP contribution < -0.4 is 10.6 Å². The van der Waals surface area contributed by atoms with Crippen LogP contribution in [0.5, 0.6) is 0 Å². The minimum atomic E-state index is -1.12. The van der Waals surface area contributed by atoms with Gasteiger partial charge >= 0.3 is 6.03 Å². The number of nitriles is 1. The van der Waals surface area contributed by atoms with Crippen molar-refractivity contribution in [2.24, 2.45) is 22.1 Å². The second kappa shape index (κ2) is 17.6. The minimum Gasteiger partial charge on any atom is -0.386 e. The molecular formula is C35H54FN5O2. The number of hydrogen-bond donors (Lipinski definition) is 2. The lowest BCUT2D eigenvalue weighted by Gasteiger charge is -2.42. The van der Waals surface area contributed by atoms with Gasteiger partial charge in [-0.3, -0.25) is 4.90 Å². The van der Waals surface area contributed by atoms with Crippen LogP contribution >= 0.6 is 0 Å². The Kier molecular flexibility index (Phi) is 15.4. The molecule has 1 fully saturated rings. The molecule has 0 spiro atoms. The van der Waals surface area contributed by atoms with E-state index in [4.69, 9.17) is 5.73 Å². The van der Waals surface area contributed by atoms with Crippen molar-refractivity contribution in [1.29, 1.82) is 5.26 Å². The van der Waals surface area contributed by atoms with E-state index in [2.05, 4.69) is 50.2 Å². The highest BCUT2D eigenvalue weighted by atomic mass is 19.1. The number of nitrogens with zero attached hydrogens (tertiary/aromatic N) is 4. The average Bonchev–Trinajstić information content (AvgIpc) is 2.94. The number of halogens is 1. The molecule has 3 N–H and O–H groups in total. The van der Waals surface area contributed by atoms with Crippen LogP contribution in [0.1, 0.15) is 105 Å². The number of rotatable bonds is 12. The fourth-order valence-electron chi connectivity index (χ4n) is 5.09. The molecule has 1 aromatic rings. The van der Waals surface area contributed by atoms with Gasteiger partial charge in [-0.1, -0.05) is 59.6 Å². The number of carbonyl (C=O) groups is 1. The van der Waals surface area contributed by atoms with Crippen molar-refractivity contribution in [3.05, 3.63) is 65.4 Å². The third-order valence-corrected chi connectivity index (χ3v) is 7.84. The predicted molar refractivity (Wildman–Crippen MR) is 177 cm³/mol. The lowest BCUT2D eigenvalue weighted by molar-refractivity contribution is 0.127. The van der Waals surface area contributed by atoms with Crippen LogP contribution in [-0.2, 0) is 0 Å². The molecule has 2 amide bonds. The third-order valence-electron chi connectivity index (χ3n) is 7.84. The first-order chi connectivity index (χ1) is 20.2. The number of aliphatic imine (C=N–C) groups is 1. The molecular weight excluding hydrogens is 541 g/mol. The summed E-state index contributed by atoms with van der Waals surface area (Å²) < 4.78 is 14.2. The Labute approximate surface area is 259 Å². The van der Waals surface area contributed by atoms with Crippen molar-refractivity contribution in [3.8, 4) is 6.07 Å². The Hall–Kier alpha value is -3.44. The maximum atomic E-state index is 14.2. The molecule has 1 aromatic carbocycles. The van der Waals surface area contributed by atoms with E-state index in [0.29, 0.717) is 24.5 Å². The fourth-order valence-corrected chi connectivity index (χ4v) is 5.09. The zero-order valence-electron chi connectivity index (χ0n) is 27.7. The van der Waals surface area contributed by atoms with E-state index in [1.807, 2.05) is 19.2 Å². The minimum absolute atomic E-state index is 0.0287. The molecule has 0 heterocycles. The lowest BCUT2D eigenvalue weighted by atomic mass is 9.70. The maximum absolute atomic E-state index is 14.2. The van der Waals surface area contributed by atoms with Crippen molar-refractivity contribution in [3.63, 3.8) is 0 Å². The summed E-state index contributed by atoms with van der Waals surface area (Å²) in [5, 5.41) is 19.5. The van der Waals surface area contributed by atoms with Gasteiger partial charge in [-0.25, -0.2) is 14.2 Å². The summed E-state index contributed by atoms with van der Waals surface area (Å²) in [6.07, 6.45) is 14.6. The Balaban J connectivity index is 0.00000217. The quantitative estimate of drug-likeness (QED) is 0.237. The van der Waals surface area contributed by atoms with E-state index in [9.17, 15) is 19.6 Å². The number of carbonyl (C=O) groups excluding carboxylic acids is 1. The second-order valence-corrected chi connectivity index (χ2v) is 12.4. The summed E-state index contributed by atoms with van der Waals surface area (Å²) in [5.74, 6) is 0.0979. The van der Waals surface area contributed by atoms with Crippen LogP contribution in [0.15, 0.2) is 53.5 Å². The van der Waals surface area contributed by atoms with Gasteiger partial charge in [0.25, 0.3) is 0 Å². The molecule has 1 aliphatic rings. The predicted octanol–water partition coefficient (Wildman–Crippen LogP) is 8.38. The Morgan fingerprint density at radius 3 is 2.49 bits per heavy atom. The molecule has 0 radical (unpaired) electrons. The van der Waals surface area contributed by atoms with Gasteiger partial charge in [0.15, 0.2) is 0 Å². The van der Waals surface area contributed by atoms with Crippen molar-refractivity contribution in [2.75, 3.05) is 18.0 Å². The van der Waals surface area contributed by atoms with Crippen molar-refractivity contribution >= 4 is 17.9 Å². The van der Waals surface area contributed by atoms with Crippen molar-refractivity contribution < 1.29 is 14.3 Å². The molecule has 238 valence electrons. The van der Waals surface area contributed by atoms with Gasteiger partial charge in [-0.05, 0) is 94.1 Å². The van der Waals surface area contributed by atoms with Gasteiger partial charge in [-0.2, -0.15) is 5.26 Å². The standard InChI is InChI=1S/C31H44FN5O2.C4H10/c1-8-10-14-36(27-16-25(18-33)26(32)15-22(27)3)21-31(7)13-11-12-24(17-31)20-37(29(34)38)28(9-2)35-19-23(4)30(5,6)39;1-3-4-2/h9-10,14-16,19,24,39H,4,8,11-13,17,20-21H2,1-3,5-7H3,(H2,34,38);3-4H2,1-2H3/b14-10-,28-9+,35-19-;/t24?,31-;/m0./s1. The van der Waals surface area contributed by atoms with E-state index < -0.39 is 17.4 Å². The van der Waals surface area contributed by atoms with Gasteiger partial charge in [0.2, 0.25) is 0 Å². The highest BCUT2D eigenvalue weighted by Gasteiger charge is 2.35. The molecule has 0 saturated heterocycles. The fraction of sp³-hybridized carbons (Fsp3) is 0.571. The Bertz CT molecular complexity index is 1210. The maximum Gasteiger partial charge on any atom is 0.320 e. The summed E-state index contributed by atoms with van der Waals surface area (Å²) in [4.78, 5) is 20.5. The Morgan fingerprint density at radius 1 is 1.33 bits per heavy atom. The average molecular weight is 596 g/mol. The number of anilines is 1. The summed E-state index contributed by atoms with van der Waals surface area (Å²) in [7, 11) is 0. The van der Waals surface area contributed by atoms with Crippen LogP contribution in [0.2, 0.25) is 0 Å². The first kappa shape index (κ1) is 37.6. The van der Waals surface area contributed by atoms with E-state index >= 15 is 0 Å². The number of hydrogen-bond acceptors (Lipinski definition) is 5. The summed E-state index contributed by atoms with van der Waals surface area (Å²) in [6.45, 7) is 20.5. The number of aliphatic hydroxyl groups is 1. The number of allylic oxidation sites excluding steroid dienone is 2. The van der Waals surface area contributed by atoms with Gasteiger partial charge in [0.1, 0.15) is 17.7 Å². The number of nitrogens with two attached hydrogens (primary N) is 1. The van der Waals surface area contributed by atoms with Gasteiger partial charge in [-0.15, -0.1) is 0 Å². The lowest BCUT2D eigenvalue weighted by Crippen LogP contribution is -2.43. The zero-order chi connectivity index (χ0) is 32.8. The summed E-state index contributed by atoms with van der Waals surface area (Å²) >= 11 is 0. The van der Waals surface area contributed by atoms with E-state index in [1.54, 1.807) is 32.9 Å². The molecule has 7 nitrogen and oxygen atoms in total. The molecule has 1 unspecified atom stereocenters. The SMILES string of the molecule is C=C(/C=N\C(=C/C)N(CC1CCC[C@](C)(CN(/C=C\CC)c2cc(C#N)c(F)cc2C)C1)C(N)=O)C(C)(C)O.CCCC. The topological polar surface area (TPSA) is 106 Å². The van der Waals surface area contributed by atoms with Crippen molar-refractivity contribution in [2.45, 2.75) is 106 Å². The molecule has 1 saturated carbocycles. The second-order valence-electron chi connectivity index (χ2n) is 12.4. The normalized spacial score (nSPS) is 19.1. The number of aryl methyl sites for hydroxylation is 1. The van der Waals surface area contributed by atoms with Crippen LogP contribution in [0.3, 0.4) is 0 Å². The number of benzene rings is 1. The monoisotopic (exact) mass is 595 g/mol. The van der Waals surface area contributed by atoms with E-state index in [1.165, 1.54) is 30.0 Å². The first-order valence-corrected chi connectivity index (χ1v) is 15.5. The highest BCUT2D eigenvalue weighted by Crippen LogP contribution is 2.42. The van der Waals surface area contributed by atoms with E-state index in [-0.39, 0.29) is 16.9 Å². The highest BCUT2D eigenvalue weighted by molar-refractivity contribution is 5.82. The van der Waals surface area contributed by atoms with E-state index in [0.717, 1.165) is 43.4 Å². The summed E-state index contributed by atoms with van der Waals surface area (Å²) in [5.41, 5.74) is 6.61. The molecule has 0 aromatic heterocycles. The number of primary amides is 1. The van der Waals surface area contributed by atoms with Gasteiger partial charge < -0.3 is 15.7 Å². The number of amides is 2. The smallest absolute Gasteiger partial charge is 0.320 e. The number of unbranched alkanes of at least 4 members (excludes halogenated alkanes) is 1. The molecule has 0 aliphatic heterocycles.